The van der Waals surface area contributed by atoms with E-state index in [-0.39, 0.29) is 11.8 Å². The van der Waals surface area contributed by atoms with Crippen molar-refractivity contribution >= 4 is 17.6 Å². The molecule has 0 spiro atoms. The number of nitrogens with one attached hydrogen (secondary N) is 1. The van der Waals surface area contributed by atoms with Gasteiger partial charge in [0.05, 0.1) is 23.6 Å². The fraction of sp³-hybridized carbons (Fsp3) is 0.0800. The van der Waals surface area contributed by atoms with Crippen LogP contribution in [-0.2, 0) is 4.74 Å². The molecule has 4 rings (SSSR count). The van der Waals surface area contributed by atoms with Crippen molar-refractivity contribution in [3.8, 4) is 22.5 Å². The molecule has 0 saturated heterocycles. The molecule has 0 aliphatic heterocycles. The number of rotatable bonds is 6. The number of nitrogens with zero attached hydrogens (tertiary/aromatic N) is 2. The van der Waals surface area contributed by atoms with Gasteiger partial charge in [0.1, 0.15) is 5.82 Å². The number of anilines is 2. The van der Waals surface area contributed by atoms with E-state index in [0.717, 1.165) is 22.5 Å². The van der Waals surface area contributed by atoms with Gasteiger partial charge in [-0.1, -0.05) is 30.3 Å². The maximum Gasteiger partial charge on any atom is 0.338 e. The Morgan fingerprint density at radius 3 is 2.10 bits per heavy atom. The van der Waals surface area contributed by atoms with E-state index in [2.05, 4.69) is 15.3 Å². The van der Waals surface area contributed by atoms with E-state index < -0.39 is 0 Å². The maximum atomic E-state index is 13.4. The molecule has 6 heteroatoms. The summed E-state index contributed by atoms with van der Waals surface area (Å²) >= 11 is 0. The van der Waals surface area contributed by atoms with Gasteiger partial charge in [0.15, 0.2) is 0 Å². The third-order valence-corrected chi connectivity index (χ3v) is 4.59. The standard InChI is InChI=1S/C25H20FN3O2/c1-2-31-24(30)19-10-14-21(15-11-19)27-25-28-22(17-6-4-3-5-7-17)16-23(29-25)18-8-12-20(26)13-9-18/h3-16H,2H2,1H3,(H,27,28,29). The van der Waals surface area contributed by atoms with Crippen LogP contribution in [-0.4, -0.2) is 22.5 Å². The van der Waals surface area contributed by atoms with Crippen LogP contribution in [0.4, 0.5) is 16.0 Å². The molecule has 4 aromatic rings. The summed E-state index contributed by atoms with van der Waals surface area (Å²) in [6, 6.07) is 24.7. The summed E-state index contributed by atoms with van der Waals surface area (Å²) in [5.74, 6) is -0.277. The highest BCUT2D eigenvalue weighted by Crippen LogP contribution is 2.26. The number of aromatic nitrogens is 2. The molecule has 0 radical (unpaired) electrons. The van der Waals surface area contributed by atoms with Crippen LogP contribution in [0.2, 0.25) is 0 Å². The summed E-state index contributed by atoms with van der Waals surface area (Å²) in [6.07, 6.45) is 0. The summed E-state index contributed by atoms with van der Waals surface area (Å²) in [7, 11) is 0. The van der Waals surface area contributed by atoms with E-state index >= 15 is 0 Å². The quantitative estimate of drug-likeness (QED) is 0.401. The molecule has 0 saturated carbocycles. The molecule has 0 bridgehead atoms. The summed E-state index contributed by atoms with van der Waals surface area (Å²) in [6.45, 7) is 2.09. The molecule has 0 aliphatic rings. The van der Waals surface area contributed by atoms with E-state index in [1.165, 1.54) is 12.1 Å². The van der Waals surface area contributed by atoms with E-state index in [9.17, 15) is 9.18 Å². The van der Waals surface area contributed by atoms with Gasteiger partial charge in [0.2, 0.25) is 5.95 Å². The molecule has 154 valence electrons. The van der Waals surface area contributed by atoms with E-state index in [1.54, 1.807) is 43.3 Å². The second-order valence-electron chi connectivity index (χ2n) is 6.76. The zero-order chi connectivity index (χ0) is 21.6. The number of carbonyl (C=O) groups excluding carboxylic acids is 1. The Hall–Kier alpha value is -4.06. The molecule has 0 atom stereocenters. The molecule has 3 aromatic carbocycles. The zero-order valence-corrected chi connectivity index (χ0v) is 16.9. The van der Waals surface area contributed by atoms with Crippen molar-refractivity contribution in [2.75, 3.05) is 11.9 Å². The SMILES string of the molecule is CCOC(=O)c1ccc(Nc2nc(-c3ccccc3)cc(-c3ccc(F)cc3)n2)cc1. The lowest BCUT2D eigenvalue weighted by Gasteiger charge is -2.11. The minimum absolute atomic E-state index is 0.305. The highest BCUT2D eigenvalue weighted by atomic mass is 19.1. The minimum Gasteiger partial charge on any atom is -0.462 e. The first-order valence-corrected chi connectivity index (χ1v) is 9.87. The van der Waals surface area contributed by atoms with Crippen LogP contribution in [0.1, 0.15) is 17.3 Å². The van der Waals surface area contributed by atoms with Crippen LogP contribution in [0.5, 0.6) is 0 Å². The molecule has 0 aliphatic carbocycles. The van der Waals surface area contributed by atoms with Gasteiger partial charge >= 0.3 is 5.97 Å². The average Bonchev–Trinajstić information content (AvgIpc) is 2.80. The molecule has 31 heavy (non-hydrogen) atoms. The Bertz CT molecular complexity index is 1180. The van der Waals surface area contributed by atoms with Crippen LogP contribution in [0.25, 0.3) is 22.5 Å². The Morgan fingerprint density at radius 2 is 1.48 bits per heavy atom. The zero-order valence-electron chi connectivity index (χ0n) is 16.9. The van der Waals surface area contributed by atoms with Crippen LogP contribution in [0.15, 0.2) is 84.9 Å². The van der Waals surface area contributed by atoms with Crippen molar-refractivity contribution in [2.45, 2.75) is 6.92 Å². The number of halogens is 1. The highest BCUT2D eigenvalue weighted by molar-refractivity contribution is 5.89. The van der Waals surface area contributed by atoms with Crippen LogP contribution in [0, 0.1) is 5.82 Å². The first-order valence-electron chi connectivity index (χ1n) is 9.87. The molecular formula is C25H20FN3O2. The monoisotopic (exact) mass is 413 g/mol. The first-order chi connectivity index (χ1) is 15.1. The van der Waals surface area contributed by atoms with Gasteiger partial charge in [-0.05, 0) is 61.5 Å². The van der Waals surface area contributed by atoms with Gasteiger partial charge in [-0.15, -0.1) is 0 Å². The molecule has 0 fully saturated rings. The molecule has 1 aromatic heterocycles. The van der Waals surface area contributed by atoms with Crippen molar-refractivity contribution in [1.82, 2.24) is 9.97 Å². The predicted molar refractivity (Wildman–Crippen MR) is 119 cm³/mol. The maximum absolute atomic E-state index is 13.4. The average molecular weight is 413 g/mol. The minimum atomic E-state index is -0.366. The third-order valence-electron chi connectivity index (χ3n) is 4.59. The Balaban J connectivity index is 1.68. The van der Waals surface area contributed by atoms with Crippen molar-refractivity contribution in [3.05, 3.63) is 96.3 Å². The number of carbonyl (C=O) groups is 1. The van der Waals surface area contributed by atoms with Crippen LogP contribution in [0.3, 0.4) is 0 Å². The fourth-order valence-corrected chi connectivity index (χ4v) is 3.06. The van der Waals surface area contributed by atoms with Gasteiger partial charge in [0.25, 0.3) is 0 Å². The summed E-state index contributed by atoms with van der Waals surface area (Å²) in [5, 5.41) is 3.19. The molecule has 0 unspecified atom stereocenters. The van der Waals surface area contributed by atoms with Crippen LogP contribution < -0.4 is 5.32 Å². The summed E-state index contributed by atoms with van der Waals surface area (Å²) in [4.78, 5) is 21.1. The lowest BCUT2D eigenvalue weighted by molar-refractivity contribution is 0.0526. The van der Waals surface area contributed by atoms with Gasteiger partial charge in [-0.25, -0.2) is 19.2 Å². The fourth-order valence-electron chi connectivity index (χ4n) is 3.06. The third kappa shape index (κ3) is 4.93. The van der Waals surface area contributed by atoms with E-state index in [4.69, 9.17) is 4.74 Å². The van der Waals surface area contributed by atoms with Gasteiger partial charge in [0, 0.05) is 16.8 Å². The smallest absolute Gasteiger partial charge is 0.338 e. The van der Waals surface area contributed by atoms with Gasteiger partial charge in [-0.3, -0.25) is 0 Å². The van der Waals surface area contributed by atoms with Crippen LogP contribution >= 0.6 is 0 Å². The highest BCUT2D eigenvalue weighted by Gasteiger charge is 2.10. The Morgan fingerprint density at radius 1 is 0.871 bits per heavy atom. The lowest BCUT2D eigenvalue weighted by atomic mass is 10.1. The second kappa shape index (κ2) is 9.17. The molecule has 1 heterocycles. The van der Waals surface area contributed by atoms with Crippen molar-refractivity contribution in [1.29, 1.82) is 0 Å². The van der Waals surface area contributed by atoms with E-state index in [1.807, 2.05) is 36.4 Å². The molecular weight excluding hydrogens is 393 g/mol. The second-order valence-corrected chi connectivity index (χ2v) is 6.76. The first kappa shape index (κ1) is 20.2. The normalized spacial score (nSPS) is 10.5. The predicted octanol–water partition coefficient (Wildman–Crippen LogP) is 5.87. The lowest BCUT2D eigenvalue weighted by Crippen LogP contribution is -2.05. The number of hydrogen-bond acceptors (Lipinski definition) is 5. The molecule has 1 N–H and O–H groups in total. The summed E-state index contributed by atoms with van der Waals surface area (Å²) < 4.78 is 18.4. The Kier molecular flexibility index (Phi) is 5.98. The topological polar surface area (TPSA) is 64.1 Å². The number of ether oxygens (including phenoxy) is 1. The van der Waals surface area contributed by atoms with Crippen molar-refractivity contribution in [3.63, 3.8) is 0 Å². The largest absolute Gasteiger partial charge is 0.462 e. The van der Waals surface area contributed by atoms with E-state index in [0.29, 0.717) is 23.8 Å². The molecule has 0 amide bonds. The number of hydrogen-bond donors (Lipinski definition) is 1. The number of esters is 1. The van der Waals surface area contributed by atoms with Gasteiger partial charge in [-0.2, -0.15) is 0 Å². The summed E-state index contributed by atoms with van der Waals surface area (Å²) in [5.41, 5.74) is 4.32. The van der Waals surface area contributed by atoms with Gasteiger partial charge < -0.3 is 10.1 Å². The van der Waals surface area contributed by atoms with Crippen molar-refractivity contribution < 1.29 is 13.9 Å². The van der Waals surface area contributed by atoms with Crippen molar-refractivity contribution in [2.24, 2.45) is 0 Å². The number of benzene rings is 3. The molecule has 5 nitrogen and oxygen atoms in total. The Labute approximate surface area is 179 Å².